The predicted molar refractivity (Wildman–Crippen MR) is 136 cm³/mol. The molecular weight excluding hydrogens is 438 g/mol. The van der Waals surface area contributed by atoms with Gasteiger partial charge in [-0.25, -0.2) is 0 Å². The lowest BCUT2D eigenvalue weighted by Gasteiger charge is -2.32. The van der Waals surface area contributed by atoms with Crippen LogP contribution in [-0.2, 0) is 17.6 Å². The van der Waals surface area contributed by atoms with Crippen LogP contribution in [0, 0.1) is 19.8 Å². The molecule has 5 rings (SSSR count). The highest BCUT2D eigenvalue weighted by Crippen LogP contribution is 2.22. The van der Waals surface area contributed by atoms with E-state index in [4.69, 9.17) is 0 Å². The minimum absolute atomic E-state index is 0.142. The van der Waals surface area contributed by atoms with Crippen LogP contribution in [0.4, 0.5) is 0 Å². The van der Waals surface area contributed by atoms with Gasteiger partial charge in [0.15, 0.2) is 0 Å². The SMILES string of the molecule is Cc1cc(C)cc(-n2ccn3c(CCC(=O)N4CCC(Cc5ccccc5)CC4)nnc3c2=O)c1. The predicted octanol–water partition coefficient (Wildman–Crippen LogP) is 3.91. The molecule has 1 aliphatic rings. The summed E-state index contributed by atoms with van der Waals surface area (Å²) < 4.78 is 3.30. The van der Waals surface area contributed by atoms with Crippen LogP contribution in [0.2, 0.25) is 0 Å². The Bertz CT molecular complexity index is 1380. The summed E-state index contributed by atoms with van der Waals surface area (Å²) in [6, 6.07) is 16.6. The second-order valence-corrected chi connectivity index (χ2v) is 9.64. The minimum Gasteiger partial charge on any atom is -0.343 e. The molecule has 1 fully saturated rings. The van der Waals surface area contributed by atoms with Crippen molar-refractivity contribution in [2.45, 2.75) is 46.0 Å². The summed E-state index contributed by atoms with van der Waals surface area (Å²) in [5, 5.41) is 8.38. The van der Waals surface area contributed by atoms with Gasteiger partial charge in [0.1, 0.15) is 5.82 Å². The highest BCUT2D eigenvalue weighted by Gasteiger charge is 2.23. The Balaban J connectivity index is 1.21. The quantitative estimate of drug-likeness (QED) is 0.429. The zero-order valence-corrected chi connectivity index (χ0v) is 20.4. The summed E-state index contributed by atoms with van der Waals surface area (Å²) in [5.74, 6) is 1.40. The first-order valence-electron chi connectivity index (χ1n) is 12.3. The molecule has 2 aromatic heterocycles. The molecule has 35 heavy (non-hydrogen) atoms. The number of aromatic nitrogens is 4. The van der Waals surface area contributed by atoms with Crippen LogP contribution >= 0.6 is 0 Å². The van der Waals surface area contributed by atoms with Crippen molar-refractivity contribution < 1.29 is 4.79 Å². The molecule has 4 aromatic rings. The lowest BCUT2D eigenvalue weighted by Crippen LogP contribution is -2.39. The van der Waals surface area contributed by atoms with Crippen LogP contribution < -0.4 is 5.56 Å². The standard InChI is InChI=1S/C28H31N5O2/c1-20-16-21(2)18-24(17-20)32-14-15-33-25(29-30-27(33)28(32)35)8-9-26(34)31-12-10-23(11-13-31)19-22-6-4-3-5-7-22/h3-7,14-18,23H,8-13,19H2,1-2H3. The van der Waals surface area contributed by atoms with Crippen LogP contribution in [0.3, 0.4) is 0 Å². The van der Waals surface area contributed by atoms with Crippen molar-refractivity contribution in [2.75, 3.05) is 13.1 Å². The third kappa shape index (κ3) is 5.04. The summed E-state index contributed by atoms with van der Waals surface area (Å²) in [7, 11) is 0. The molecule has 0 saturated carbocycles. The molecule has 3 heterocycles. The number of likely N-dealkylation sites (tertiary alicyclic amines) is 1. The number of carbonyl (C=O) groups excluding carboxylic acids is 1. The van der Waals surface area contributed by atoms with Gasteiger partial charge in [0.2, 0.25) is 11.6 Å². The number of hydrogen-bond acceptors (Lipinski definition) is 4. The van der Waals surface area contributed by atoms with E-state index in [1.165, 1.54) is 5.56 Å². The van der Waals surface area contributed by atoms with Gasteiger partial charge in [0.05, 0.1) is 0 Å². The Morgan fingerprint density at radius 1 is 0.971 bits per heavy atom. The second kappa shape index (κ2) is 9.86. The van der Waals surface area contributed by atoms with Crippen LogP contribution in [0.25, 0.3) is 11.3 Å². The first kappa shape index (κ1) is 23.0. The van der Waals surface area contributed by atoms with Crippen molar-refractivity contribution in [1.82, 2.24) is 24.1 Å². The number of hydrogen-bond donors (Lipinski definition) is 0. The normalized spacial score (nSPS) is 14.5. The van der Waals surface area contributed by atoms with Gasteiger partial charge in [0, 0.05) is 44.0 Å². The summed E-state index contributed by atoms with van der Waals surface area (Å²) in [6.07, 6.45) is 7.52. The summed E-state index contributed by atoms with van der Waals surface area (Å²) in [5.41, 5.74) is 4.42. The average molecular weight is 470 g/mol. The fourth-order valence-corrected chi connectivity index (χ4v) is 5.11. The van der Waals surface area contributed by atoms with Crippen molar-refractivity contribution >= 4 is 11.6 Å². The number of fused-ring (bicyclic) bond motifs is 1. The van der Waals surface area contributed by atoms with E-state index < -0.39 is 0 Å². The van der Waals surface area contributed by atoms with Gasteiger partial charge >= 0.3 is 5.56 Å². The highest BCUT2D eigenvalue weighted by atomic mass is 16.2. The van der Waals surface area contributed by atoms with E-state index >= 15 is 0 Å². The van der Waals surface area contributed by atoms with E-state index in [2.05, 4.69) is 40.5 Å². The van der Waals surface area contributed by atoms with Gasteiger partial charge in [0.25, 0.3) is 0 Å². The number of benzene rings is 2. The van der Waals surface area contributed by atoms with E-state index in [1.54, 1.807) is 15.2 Å². The monoisotopic (exact) mass is 469 g/mol. The maximum atomic E-state index is 13.1. The summed E-state index contributed by atoms with van der Waals surface area (Å²) >= 11 is 0. The molecule has 2 aromatic carbocycles. The topological polar surface area (TPSA) is 72.5 Å². The molecule has 180 valence electrons. The van der Waals surface area contributed by atoms with Gasteiger partial charge < -0.3 is 4.90 Å². The number of carbonyl (C=O) groups is 1. The van der Waals surface area contributed by atoms with Crippen LogP contribution in [0.1, 0.15) is 41.8 Å². The number of rotatable bonds is 6. The lowest BCUT2D eigenvalue weighted by molar-refractivity contribution is -0.132. The van der Waals surface area contributed by atoms with Crippen molar-refractivity contribution in [1.29, 1.82) is 0 Å². The number of piperidine rings is 1. The molecular formula is C28H31N5O2. The van der Waals surface area contributed by atoms with Crippen molar-refractivity contribution in [2.24, 2.45) is 5.92 Å². The molecule has 0 aliphatic carbocycles. The van der Waals surface area contributed by atoms with Crippen molar-refractivity contribution in [3.8, 4) is 5.69 Å². The molecule has 1 saturated heterocycles. The third-order valence-corrected chi connectivity index (χ3v) is 6.92. The Morgan fingerprint density at radius 2 is 1.69 bits per heavy atom. The molecule has 7 heteroatoms. The van der Waals surface area contributed by atoms with E-state index in [9.17, 15) is 9.59 Å². The average Bonchev–Trinajstić information content (AvgIpc) is 3.27. The van der Waals surface area contributed by atoms with Crippen LogP contribution in [0.5, 0.6) is 0 Å². The Hall–Kier alpha value is -3.74. The maximum absolute atomic E-state index is 13.1. The molecule has 7 nitrogen and oxygen atoms in total. The molecule has 1 amide bonds. The number of aryl methyl sites for hydroxylation is 3. The Kier molecular flexibility index (Phi) is 6.49. The molecule has 0 atom stereocenters. The van der Waals surface area contributed by atoms with Gasteiger partial charge in [-0.1, -0.05) is 36.4 Å². The highest BCUT2D eigenvalue weighted by molar-refractivity contribution is 5.76. The van der Waals surface area contributed by atoms with Gasteiger partial charge in [-0.15, -0.1) is 10.2 Å². The van der Waals surface area contributed by atoms with Crippen molar-refractivity contribution in [3.63, 3.8) is 0 Å². The van der Waals surface area contributed by atoms with E-state index in [1.807, 2.05) is 43.1 Å². The van der Waals surface area contributed by atoms with Gasteiger partial charge in [-0.2, -0.15) is 0 Å². The number of nitrogens with zero attached hydrogens (tertiary/aromatic N) is 5. The molecule has 0 unspecified atom stereocenters. The largest absolute Gasteiger partial charge is 0.343 e. The first-order valence-corrected chi connectivity index (χ1v) is 12.3. The second-order valence-electron chi connectivity index (χ2n) is 9.64. The molecule has 1 aliphatic heterocycles. The molecule has 0 spiro atoms. The Labute approximate surface area is 205 Å². The van der Waals surface area contributed by atoms with Crippen molar-refractivity contribution in [3.05, 3.63) is 93.8 Å². The zero-order chi connectivity index (χ0) is 24.4. The van der Waals surface area contributed by atoms with Crippen LogP contribution in [-0.4, -0.2) is 43.1 Å². The summed E-state index contributed by atoms with van der Waals surface area (Å²) in [4.78, 5) is 27.9. The summed E-state index contributed by atoms with van der Waals surface area (Å²) in [6.45, 7) is 5.63. The van der Waals surface area contributed by atoms with Gasteiger partial charge in [-0.05, 0) is 67.9 Å². The smallest absolute Gasteiger partial charge is 0.300 e. The zero-order valence-electron chi connectivity index (χ0n) is 20.4. The van der Waals surface area contributed by atoms with E-state index in [0.717, 1.165) is 49.2 Å². The first-order chi connectivity index (χ1) is 17.0. The van der Waals surface area contributed by atoms with E-state index in [-0.39, 0.29) is 17.1 Å². The van der Waals surface area contributed by atoms with E-state index in [0.29, 0.717) is 24.6 Å². The maximum Gasteiger partial charge on any atom is 0.300 e. The molecule has 0 radical (unpaired) electrons. The fraction of sp³-hybridized carbons (Fsp3) is 0.357. The lowest BCUT2D eigenvalue weighted by atomic mass is 9.90. The van der Waals surface area contributed by atoms with Crippen LogP contribution in [0.15, 0.2) is 65.7 Å². The molecule has 0 N–H and O–H groups in total. The van der Waals surface area contributed by atoms with Gasteiger partial charge in [-0.3, -0.25) is 18.6 Å². The minimum atomic E-state index is -0.219. The number of amides is 1. The Morgan fingerprint density at radius 3 is 2.40 bits per heavy atom. The molecule has 0 bridgehead atoms. The fourth-order valence-electron chi connectivity index (χ4n) is 5.11. The third-order valence-electron chi connectivity index (χ3n) is 6.92.